The second kappa shape index (κ2) is 5.49. The van der Waals surface area contributed by atoms with Crippen LogP contribution in [0.4, 0.5) is 4.39 Å². The van der Waals surface area contributed by atoms with Crippen LogP contribution in [0.25, 0.3) is 22.8 Å². The molecule has 6 heteroatoms. The van der Waals surface area contributed by atoms with Gasteiger partial charge in [-0.1, -0.05) is 6.58 Å². The molecule has 1 aliphatic rings. The van der Waals surface area contributed by atoms with Crippen molar-refractivity contribution in [1.29, 1.82) is 0 Å². The molecule has 0 aromatic carbocycles. The minimum absolute atomic E-state index is 0.0722. The Bertz CT molecular complexity index is 962. The van der Waals surface area contributed by atoms with Crippen LogP contribution < -0.4 is 0 Å². The molecule has 1 N–H and O–H groups in total. The molecule has 3 aromatic heterocycles. The standard InChI is InChI=1S/C18H13FN4O/c1-10-4-6-13-12(16(10)24)5-7-14(21-13)18-22-15(17(19)23-18)11-3-2-8-20-9-11/h2-3,5,7-9H,1,4,6H2,(H,22,23). The number of ketones is 1. The van der Waals surface area contributed by atoms with Crippen molar-refractivity contribution in [2.45, 2.75) is 12.8 Å². The summed E-state index contributed by atoms with van der Waals surface area (Å²) in [4.78, 5) is 27.4. The number of hydrogen-bond acceptors (Lipinski definition) is 4. The summed E-state index contributed by atoms with van der Waals surface area (Å²) in [7, 11) is 0. The molecule has 0 saturated heterocycles. The first kappa shape index (κ1) is 14.4. The number of halogens is 1. The van der Waals surface area contributed by atoms with Crippen molar-refractivity contribution < 1.29 is 9.18 Å². The lowest BCUT2D eigenvalue weighted by atomic mass is 9.91. The summed E-state index contributed by atoms with van der Waals surface area (Å²) >= 11 is 0. The number of imidazole rings is 1. The van der Waals surface area contributed by atoms with E-state index in [-0.39, 0.29) is 11.5 Å². The molecule has 0 aliphatic heterocycles. The van der Waals surface area contributed by atoms with E-state index in [1.165, 1.54) is 0 Å². The van der Waals surface area contributed by atoms with Crippen LogP contribution in [0, 0.1) is 5.95 Å². The van der Waals surface area contributed by atoms with Crippen molar-refractivity contribution in [2.24, 2.45) is 0 Å². The summed E-state index contributed by atoms with van der Waals surface area (Å²) in [6.45, 7) is 3.77. The Morgan fingerprint density at radius 1 is 1.17 bits per heavy atom. The van der Waals surface area contributed by atoms with E-state index >= 15 is 0 Å². The van der Waals surface area contributed by atoms with Crippen LogP contribution >= 0.6 is 0 Å². The Balaban J connectivity index is 1.76. The van der Waals surface area contributed by atoms with Crippen LogP contribution in [0.1, 0.15) is 22.5 Å². The summed E-state index contributed by atoms with van der Waals surface area (Å²) in [6, 6.07) is 6.83. The zero-order chi connectivity index (χ0) is 16.7. The normalized spacial score (nSPS) is 13.9. The van der Waals surface area contributed by atoms with E-state index in [4.69, 9.17) is 0 Å². The summed E-state index contributed by atoms with van der Waals surface area (Å²) in [6.07, 6.45) is 4.40. The number of carbonyl (C=O) groups is 1. The number of hydrogen-bond donors (Lipinski definition) is 1. The number of aromatic nitrogens is 4. The molecule has 0 amide bonds. The lowest BCUT2D eigenvalue weighted by molar-refractivity contribution is 0.102. The lowest BCUT2D eigenvalue weighted by Crippen LogP contribution is -2.15. The minimum atomic E-state index is -0.540. The molecular formula is C18H13FN4O. The Kier molecular flexibility index (Phi) is 3.30. The van der Waals surface area contributed by atoms with Crippen LogP contribution in [0.15, 0.2) is 48.8 Å². The van der Waals surface area contributed by atoms with Gasteiger partial charge < -0.3 is 4.98 Å². The molecule has 1 aliphatic carbocycles. The van der Waals surface area contributed by atoms with E-state index in [0.29, 0.717) is 46.8 Å². The highest BCUT2D eigenvalue weighted by atomic mass is 19.1. The van der Waals surface area contributed by atoms with Gasteiger partial charge in [0.2, 0.25) is 5.95 Å². The van der Waals surface area contributed by atoms with Gasteiger partial charge in [-0.15, -0.1) is 0 Å². The van der Waals surface area contributed by atoms with Crippen molar-refractivity contribution in [3.05, 3.63) is 66.0 Å². The predicted octanol–water partition coefficient (Wildman–Crippen LogP) is 3.36. The zero-order valence-corrected chi connectivity index (χ0v) is 12.7. The molecule has 0 bridgehead atoms. The number of rotatable bonds is 2. The van der Waals surface area contributed by atoms with Gasteiger partial charge in [-0.2, -0.15) is 4.39 Å². The summed E-state index contributed by atoms with van der Waals surface area (Å²) in [5.74, 6) is -0.287. The van der Waals surface area contributed by atoms with Gasteiger partial charge in [0.25, 0.3) is 0 Å². The van der Waals surface area contributed by atoms with E-state index in [1.807, 2.05) is 0 Å². The van der Waals surface area contributed by atoms with Gasteiger partial charge in [0.1, 0.15) is 11.4 Å². The third-order valence-corrected chi connectivity index (χ3v) is 4.04. The number of aromatic amines is 1. The third kappa shape index (κ3) is 2.32. The van der Waals surface area contributed by atoms with Crippen LogP contribution in [0.2, 0.25) is 0 Å². The van der Waals surface area contributed by atoms with E-state index in [1.54, 1.807) is 36.7 Å². The molecule has 0 fully saturated rings. The van der Waals surface area contributed by atoms with Crippen LogP contribution in [-0.4, -0.2) is 25.7 Å². The molecule has 4 rings (SSSR count). The van der Waals surface area contributed by atoms with Gasteiger partial charge in [-0.05, 0) is 42.7 Å². The van der Waals surface area contributed by atoms with Gasteiger partial charge in [0.15, 0.2) is 11.6 Å². The molecule has 24 heavy (non-hydrogen) atoms. The van der Waals surface area contributed by atoms with Crippen LogP contribution in [0.3, 0.4) is 0 Å². The molecule has 0 unspecified atom stereocenters. The van der Waals surface area contributed by atoms with Crippen molar-refractivity contribution in [2.75, 3.05) is 0 Å². The topological polar surface area (TPSA) is 71.5 Å². The van der Waals surface area contributed by atoms with Crippen molar-refractivity contribution in [3.63, 3.8) is 0 Å². The Labute approximate surface area is 137 Å². The Morgan fingerprint density at radius 3 is 2.83 bits per heavy atom. The number of Topliss-reactive ketones (excluding diaryl/α,β-unsaturated/α-hetero) is 1. The fourth-order valence-corrected chi connectivity index (χ4v) is 2.77. The fraction of sp³-hybridized carbons (Fsp3) is 0.111. The number of H-pyrrole nitrogens is 1. The highest BCUT2D eigenvalue weighted by molar-refractivity contribution is 6.10. The highest BCUT2D eigenvalue weighted by Crippen LogP contribution is 2.27. The number of nitrogens with zero attached hydrogens (tertiary/aromatic N) is 3. The maximum Gasteiger partial charge on any atom is 0.219 e. The predicted molar refractivity (Wildman–Crippen MR) is 86.8 cm³/mol. The number of allylic oxidation sites excluding steroid dienone is 1. The number of nitrogens with one attached hydrogen (secondary N) is 1. The molecule has 5 nitrogen and oxygen atoms in total. The Hall–Kier alpha value is -3.15. The van der Waals surface area contributed by atoms with Gasteiger partial charge in [-0.3, -0.25) is 9.78 Å². The molecule has 0 radical (unpaired) electrons. The van der Waals surface area contributed by atoms with E-state index in [9.17, 15) is 9.18 Å². The SMILES string of the molecule is C=C1CCc2nc(-c3nc(-c4cccnc4)c(F)[nH]3)ccc2C1=O. The van der Waals surface area contributed by atoms with Gasteiger partial charge in [0, 0.05) is 23.5 Å². The first-order valence-electron chi connectivity index (χ1n) is 7.52. The van der Waals surface area contributed by atoms with Crippen molar-refractivity contribution in [1.82, 2.24) is 19.9 Å². The van der Waals surface area contributed by atoms with E-state index in [2.05, 4.69) is 26.5 Å². The summed E-state index contributed by atoms with van der Waals surface area (Å²) in [5, 5.41) is 0. The minimum Gasteiger partial charge on any atom is -0.313 e. The number of pyridine rings is 2. The number of carbonyl (C=O) groups excluding carboxylic acids is 1. The van der Waals surface area contributed by atoms with Crippen molar-refractivity contribution in [3.8, 4) is 22.8 Å². The summed E-state index contributed by atoms with van der Waals surface area (Å²) in [5.41, 5.74) is 3.14. The molecule has 0 spiro atoms. The first-order chi connectivity index (χ1) is 11.6. The quantitative estimate of drug-likeness (QED) is 0.735. The van der Waals surface area contributed by atoms with E-state index < -0.39 is 5.95 Å². The molecule has 118 valence electrons. The maximum atomic E-state index is 14.2. The molecule has 0 atom stereocenters. The first-order valence-corrected chi connectivity index (χ1v) is 7.52. The van der Waals surface area contributed by atoms with Gasteiger partial charge in [-0.25, -0.2) is 9.97 Å². The lowest BCUT2D eigenvalue weighted by Gasteiger charge is -2.15. The maximum absolute atomic E-state index is 14.2. The summed E-state index contributed by atoms with van der Waals surface area (Å²) < 4.78 is 14.2. The number of fused-ring (bicyclic) bond motifs is 1. The molecule has 3 heterocycles. The van der Waals surface area contributed by atoms with Crippen molar-refractivity contribution >= 4 is 5.78 Å². The molecular weight excluding hydrogens is 307 g/mol. The van der Waals surface area contributed by atoms with Gasteiger partial charge in [0.05, 0.1) is 5.69 Å². The highest BCUT2D eigenvalue weighted by Gasteiger charge is 2.23. The Morgan fingerprint density at radius 2 is 2.04 bits per heavy atom. The average Bonchev–Trinajstić information content (AvgIpc) is 3.00. The largest absolute Gasteiger partial charge is 0.313 e. The average molecular weight is 320 g/mol. The molecule has 0 saturated carbocycles. The zero-order valence-electron chi connectivity index (χ0n) is 12.7. The van der Waals surface area contributed by atoms with Gasteiger partial charge >= 0.3 is 0 Å². The number of aryl methyl sites for hydroxylation is 1. The third-order valence-electron chi connectivity index (χ3n) is 4.04. The second-order valence-corrected chi connectivity index (χ2v) is 5.61. The fourth-order valence-electron chi connectivity index (χ4n) is 2.77. The molecule has 3 aromatic rings. The smallest absolute Gasteiger partial charge is 0.219 e. The monoisotopic (exact) mass is 320 g/mol. The van der Waals surface area contributed by atoms with Crippen LogP contribution in [0.5, 0.6) is 0 Å². The second-order valence-electron chi connectivity index (χ2n) is 5.61. The van der Waals surface area contributed by atoms with Crippen LogP contribution in [-0.2, 0) is 6.42 Å². The van der Waals surface area contributed by atoms with E-state index in [0.717, 1.165) is 0 Å².